The van der Waals surface area contributed by atoms with Crippen molar-refractivity contribution < 1.29 is 0 Å². The Labute approximate surface area is 82.0 Å². The summed E-state index contributed by atoms with van der Waals surface area (Å²) in [5, 5.41) is 4.41. The van der Waals surface area contributed by atoms with Crippen molar-refractivity contribution in [2.75, 3.05) is 5.43 Å². The van der Waals surface area contributed by atoms with Gasteiger partial charge in [0.05, 0.1) is 0 Å². The Balaban J connectivity index is 2.83. The van der Waals surface area contributed by atoms with Crippen LogP contribution in [0.3, 0.4) is 0 Å². The lowest BCUT2D eigenvalue weighted by Crippen LogP contribution is -1.98. The van der Waals surface area contributed by atoms with E-state index in [-0.39, 0.29) is 0 Å². The van der Waals surface area contributed by atoms with Crippen LogP contribution in [0.15, 0.2) is 11.2 Å². The normalized spacial score (nSPS) is 9.54. The van der Waals surface area contributed by atoms with Crippen LogP contribution in [-0.2, 0) is 0 Å². The van der Waals surface area contributed by atoms with Crippen molar-refractivity contribution >= 4 is 23.1 Å². The molecule has 0 saturated carbocycles. The Morgan fingerprint density at radius 3 is 2.69 bits per heavy atom. The highest BCUT2D eigenvalue weighted by molar-refractivity contribution is 6.29. The molecule has 0 radical (unpaired) electrons. The molecule has 1 heterocycles. The summed E-state index contributed by atoms with van der Waals surface area (Å²) in [6.45, 7) is 5.56. The van der Waals surface area contributed by atoms with Gasteiger partial charge in [0.2, 0.25) is 0 Å². The Bertz CT molecular complexity index is 311. The third kappa shape index (κ3) is 3.38. The molecule has 0 unspecified atom stereocenters. The highest BCUT2D eigenvalue weighted by Crippen LogP contribution is 2.10. The first kappa shape index (κ1) is 9.92. The van der Waals surface area contributed by atoms with E-state index in [1.165, 1.54) is 0 Å². The van der Waals surface area contributed by atoms with E-state index in [0.29, 0.717) is 16.8 Å². The van der Waals surface area contributed by atoms with Crippen molar-refractivity contribution in [1.29, 1.82) is 0 Å². The van der Waals surface area contributed by atoms with Crippen LogP contribution in [0.4, 0.5) is 5.82 Å². The molecule has 13 heavy (non-hydrogen) atoms. The van der Waals surface area contributed by atoms with Gasteiger partial charge in [-0.3, -0.25) is 5.43 Å². The van der Waals surface area contributed by atoms with Crippen molar-refractivity contribution in [3.05, 3.63) is 17.0 Å². The van der Waals surface area contributed by atoms with Crippen molar-refractivity contribution in [2.45, 2.75) is 20.8 Å². The number of halogens is 1. The van der Waals surface area contributed by atoms with Gasteiger partial charge in [-0.15, -0.1) is 0 Å². The summed E-state index contributed by atoms with van der Waals surface area (Å²) in [4.78, 5) is 8.02. The molecule has 0 aliphatic rings. The topological polar surface area (TPSA) is 50.2 Å². The monoisotopic (exact) mass is 198 g/mol. The summed E-state index contributed by atoms with van der Waals surface area (Å²) in [5.41, 5.74) is 3.70. The first-order valence-corrected chi connectivity index (χ1v) is 4.24. The Kier molecular flexibility index (Phi) is 3.19. The lowest BCUT2D eigenvalue weighted by molar-refractivity contribution is 1.04. The third-order valence-corrected chi connectivity index (χ3v) is 1.39. The highest BCUT2D eigenvalue weighted by atomic mass is 35.5. The number of aryl methyl sites for hydroxylation is 1. The number of nitrogens with zero attached hydrogens (tertiary/aromatic N) is 3. The van der Waals surface area contributed by atoms with Gasteiger partial charge in [-0.25, -0.2) is 9.97 Å². The van der Waals surface area contributed by atoms with Gasteiger partial charge in [-0.2, -0.15) is 5.10 Å². The molecule has 0 saturated heterocycles. The van der Waals surface area contributed by atoms with E-state index in [1.807, 2.05) is 13.8 Å². The quantitative estimate of drug-likeness (QED) is 0.451. The number of hydrogen-bond acceptors (Lipinski definition) is 4. The summed E-state index contributed by atoms with van der Waals surface area (Å²) in [7, 11) is 0. The Hall–Kier alpha value is -1.16. The number of nitrogens with one attached hydrogen (secondary N) is 1. The molecule has 4 nitrogen and oxygen atoms in total. The molecule has 1 rings (SSSR count). The standard InChI is InChI=1S/C8H11ClN4/c1-5(2)12-13-8-4-7(9)10-6(3)11-8/h4H,1-3H3,(H,10,11,13). The molecule has 0 aliphatic heterocycles. The SMILES string of the molecule is CC(C)=NNc1cc(Cl)nc(C)n1. The second-order valence-electron chi connectivity index (χ2n) is 2.79. The minimum absolute atomic E-state index is 0.416. The fraction of sp³-hybridized carbons (Fsp3) is 0.375. The van der Waals surface area contributed by atoms with E-state index in [0.717, 1.165) is 5.71 Å². The molecule has 1 N–H and O–H groups in total. The lowest BCUT2D eigenvalue weighted by atomic mass is 10.5. The van der Waals surface area contributed by atoms with E-state index in [9.17, 15) is 0 Å². The lowest BCUT2D eigenvalue weighted by Gasteiger charge is -2.01. The zero-order valence-corrected chi connectivity index (χ0v) is 8.55. The molecular formula is C8H11ClN4. The average Bonchev–Trinajstić information content (AvgIpc) is 1.99. The first-order valence-electron chi connectivity index (χ1n) is 3.86. The largest absolute Gasteiger partial charge is 0.261 e. The molecule has 1 aromatic heterocycles. The minimum atomic E-state index is 0.416. The Morgan fingerprint density at radius 2 is 2.15 bits per heavy atom. The molecule has 70 valence electrons. The fourth-order valence-electron chi connectivity index (χ4n) is 0.758. The summed E-state index contributed by atoms with van der Waals surface area (Å²) >= 11 is 5.73. The predicted octanol–water partition coefficient (Wildman–Crippen LogP) is 2.25. The van der Waals surface area contributed by atoms with Crippen molar-refractivity contribution in [1.82, 2.24) is 9.97 Å². The van der Waals surface area contributed by atoms with Crippen LogP contribution >= 0.6 is 11.6 Å². The maximum Gasteiger partial charge on any atom is 0.151 e. The van der Waals surface area contributed by atoms with Gasteiger partial charge in [-0.1, -0.05) is 11.6 Å². The van der Waals surface area contributed by atoms with E-state index in [1.54, 1.807) is 13.0 Å². The summed E-state index contributed by atoms with van der Waals surface area (Å²) in [6.07, 6.45) is 0. The maximum absolute atomic E-state index is 5.73. The van der Waals surface area contributed by atoms with Crippen LogP contribution in [0.2, 0.25) is 5.15 Å². The van der Waals surface area contributed by atoms with Gasteiger partial charge in [-0.05, 0) is 20.8 Å². The maximum atomic E-state index is 5.73. The molecule has 1 aromatic rings. The summed E-state index contributed by atoms with van der Waals surface area (Å²) in [5.74, 6) is 1.23. The second-order valence-corrected chi connectivity index (χ2v) is 3.18. The summed E-state index contributed by atoms with van der Waals surface area (Å²) < 4.78 is 0. The molecule has 0 atom stereocenters. The van der Waals surface area contributed by atoms with Gasteiger partial charge in [0.25, 0.3) is 0 Å². The van der Waals surface area contributed by atoms with E-state index >= 15 is 0 Å². The summed E-state index contributed by atoms with van der Waals surface area (Å²) in [6, 6.07) is 1.63. The zero-order chi connectivity index (χ0) is 9.84. The van der Waals surface area contributed by atoms with Crippen molar-refractivity contribution in [3.63, 3.8) is 0 Å². The number of hydrazone groups is 1. The highest BCUT2D eigenvalue weighted by Gasteiger charge is 1.97. The molecule has 0 aliphatic carbocycles. The first-order chi connectivity index (χ1) is 6.08. The molecule has 5 heteroatoms. The molecule has 0 fully saturated rings. The molecule has 0 bridgehead atoms. The van der Waals surface area contributed by atoms with E-state index < -0.39 is 0 Å². The zero-order valence-electron chi connectivity index (χ0n) is 7.80. The van der Waals surface area contributed by atoms with Crippen LogP contribution in [0, 0.1) is 6.92 Å². The minimum Gasteiger partial charge on any atom is -0.261 e. The number of anilines is 1. The van der Waals surface area contributed by atoms with Crippen LogP contribution in [-0.4, -0.2) is 15.7 Å². The second kappa shape index (κ2) is 4.18. The van der Waals surface area contributed by atoms with Gasteiger partial charge in [0.1, 0.15) is 11.0 Å². The Morgan fingerprint density at radius 1 is 1.46 bits per heavy atom. The number of hydrogen-bond donors (Lipinski definition) is 1. The average molecular weight is 199 g/mol. The third-order valence-electron chi connectivity index (χ3n) is 1.20. The van der Waals surface area contributed by atoms with Crippen LogP contribution < -0.4 is 5.43 Å². The van der Waals surface area contributed by atoms with E-state index in [2.05, 4.69) is 20.5 Å². The number of rotatable bonds is 2. The molecule has 0 amide bonds. The van der Waals surface area contributed by atoms with Crippen molar-refractivity contribution in [2.24, 2.45) is 5.10 Å². The molecular weight excluding hydrogens is 188 g/mol. The van der Waals surface area contributed by atoms with Gasteiger partial charge < -0.3 is 0 Å². The van der Waals surface area contributed by atoms with Gasteiger partial charge >= 0.3 is 0 Å². The molecule has 0 aromatic carbocycles. The predicted molar refractivity (Wildman–Crippen MR) is 54.2 cm³/mol. The van der Waals surface area contributed by atoms with Crippen LogP contribution in [0.5, 0.6) is 0 Å². The van der Waals surface area contributed by atoms with Gasteiger partial charge in [0.15, 0.2) is 5.82 Å². The fourth-order valence-corrected chi connectivity index (χ4v) is 0.983. The smallest absolute Gasteiger partial charge is 0.151 e. The van der Waals surface area contributed by atoms with Crippen LogP contribution in [0.25, 0.3) is 0 Å². The van der Waals surface area contributed by atoms with E-state index in [4.69, 9.17) is 11.6 Å². The van der Waals surface area contributed by atoms with Crippen LogP contribution in [0.1, 0.15) is 19.7 Å². The van der Waals surface area contributed by atoms with Gasteiger partial charge in [0, 0.05) is 11.8 Å². The molecule has 0 spiro atoms. The number of aromatic nitrogens is 2. The van der Waals surface area contributed by atoms with Crippen molar-refractivity contribution in [3.8, 4) is 0 Å².